The van der Waals surface area contributed by atoms with Crippen LogP contribution in [0.25, 0.3) is 11.0 Å². The van der Waals surface area contributed by atoms with Crippen LogP contribution in [0.5, 0.6) is 0 Å². The quantitative estimate of drug-likeness (QED) is 0.385. The van der Waals surface area contributed by atoms with E-state index in [-0.39, 0.29) is 28.2 Å². The monoisotopic (exact) mass is 432 g/mol. The fourth-order valence-corrected chi connectivity index (χ4v) is 3.95. The van der Waals surface area contributed by atoms with Crippen LogP contribution in [-0.4, -0.2) is 43.5 Å². The molecule has 0 aliphatic heterocycles. The van der Waals surface area contributed by atoms with Gasteiger partial charge < -0.3 is 20.0 Å². The van der Waals surface area contributed by atoms with Crippen LogP contribution < -0.4 is 15.7 Å². The number of carbonyl (C=O) groups is 1. The number of hydrogen-bond donors (Lipinski definition) is 4. The molecule has 1 aromatic heterocycles. The van der Waals surface area contributed by atoms with Crippen molar-refractivity contribution in [1.82, 2.24) is 15.3 Å². The summed E-state index contributed by atoms with van der Waals surface area (Å²) in [6.07, 6.45) is 0.770. The lowest BCUT2D eigenvalue weighted by atomic mass is 10.1. The van der Waals surface area contributed by atoms with Crippen molar-refractivity contribution >= 4 is 32.7 Å². The average molecular weight is 433 g/mol. The van der Waals surface area contributed by atoms with E-state index in [1.165, 1.54) is 24.3 Å². The second-order valence-electron chi connectivity index (χ2n) is 6.97. The van der Waals surface area contributed by atoms with Crippen LogP contribution in [0.4, 0.5) is 5.69 Å². The number of benzene rings is 2. The van der Waals surface area contributed by atoms with Crippen LogP contribution in [0.15, 0.2) is 52.2 Å². The molecule has 30 heavy (non-hydrogen) atoms. The minimum absolute atomic E-state index is 0.0358. The van der Waals surface area contributed by atoms with Gasteiger partial charge >= 0.3 is 5.69 Å². The number of rotatable bonds is 9. The Morgan fingerprint density at radius 1 is 1.10 bits per heavy atom. The van der Waals surface area contributed by atoms with Gasteiger partial charge in [0.1, 0.15) is 0 Å². The molecule has 0 saturated carbocycles. The van der Waals surface area contributed by atoms with Crippen LogP contribution in [0.3, 0.4) is 0 Å². The zero-order valence-corrected chi connectivity index (χ0v) is 17.5. The molecule has 2 aromatic carbocycles. The summed E-state index contributed by atoms with van der Waals surface area (Å²) in [5.41, 5.74) is 0.823. The summed E-state index contributed by atoms with van der Waals surface area (Å²) in [6.45, 7) is 4.80. The third-order valence-electron chi connectivity index (χ3n) is 4.27. The number of carbonyl (C=O) groups excluding carboxylic acids is 1. The smallest absolute Gasteiger partial charge is 0.323 e. The van der Waals surface area contributed by atoms with Crippen molar-refractivity contribution in [3.05, 3.63) is 58.5 Å². The molecule has 1 heterocycles. The molecule has 0 fully saturated rings. The molecule has 4 N–H and O–H groups in total. The highest BCUT2D eigenvalue weighted by atomic mass is 32.2. The molecule has 0 atom stereocenters. The maximum Gasteiger partial charge on any atom is 0.323 e. The third-order valence-corrected chi connectivity index (χ3v) is 5.63. The van der Waals surface area contributed by atoms with E-state index in [0.29, 0.717) is 30.6 Å². The predicted octanol–water partition coefficient (Wildman–Crippen LogP) is 2.20. The molecule has 10 heteroatoms. The van der Waals surface area contributed by atoms with Crippen LogP contribution in [0.2, 0.25) is 0 Å². The van der Waals surface area contributed by atoms with Gasteiger partial charge in [0.2, 0.25) is 0 Å². The van der Waals surface area contributed by atoms with Gasteiger partial charge in [0, 0.05) is 13.2 Å². The number of para-hydroxylation sites is 1. The van der Waals surface area contributed by atoms with E-state index < -0.39 is 15.7 Å². The summed E-state index contributed by atoms with van der Waals surface area (Å²) in [5, 5.41) is 2.77. The van der Waals surface area contributed by atoms with Gasteiger partial charge in [-0.2, -0.15) is 0 Å². The van der Waals surface area contributed by atoms with E-state index in [2.05, 4.69) is 20.0 Å². The van der Waals surface area contributed by atoms with Gasteiger partial charge in [-0.1, -0.05) is 12.1 Å². The molecule has 1 amide bonds. The molecular weight excluding hydrogens is 408 g/mol. The van der Waals surface area contributed by atoms with Gasteiger partial charge in [0.25, 0.3) is 15.9 Å². The van der Waals surface area contributed by atoms with Crippen molar-refractivity contribution in [2.75, 3.05) is 17.9 Å². The number of hydrogen-bond acceptors (Lipinski definition) is 5. The molecule has 0 unspecified atom stereocenters. The van der Waals surface area contributed by atoms with Crippen molar-refractivity contribution in [2.24, 2.45) is 0 Å². The second-order valence-corrected chi connectivity index (χ2v) is 8.65. The van der Waals surface area contributed by atoms with Gasteiger partial charge in [-0.3, -0.25) is 9.52 Å². The van der Waals surface area contributed by atoms with E-state index in [4.69, 9.17) is 4.74 Å². The lowest BCUT2D eigenvalue weighted by Crippen LogP contribution is -2.27. The Morgan fingerprint density at radius 2 is 1.83 bits per heavy atom. The topological polar surface area (TPSA) is 133 Å². The Labute approximate surface area is 173 Å². The van der Waals surface area contributed by atoms with Crippen LogP contribution in [0.1, 0.15) is 30.6 Å². The fraction of sp³-hybridized carbons (Fsp3) is 0.300. The van der Waals surface area contributed by atoms with Crippen molar-refractivity contribution in [3.8, 4) is 0 Å². The van der Waals surface area contributed by atoms with Gasteiger partial charge in [0.05, 0.1) is 33.3 Å². The third kappa shape index (κ3) is 5.28. The van der Waals surface area contributed by atoms with Crippen molar-refractivity contribution in [3.63, 3.8) is 0 Å². The SMILES string of the molecule is CC(C)OCCCNC(=O)c1ccccc1NS(=O)(=O)c1ccc2[nH]c(=O)[nH]c2c1. The summed E-state index contributed by atoms with van der Waals surface area (Å²) in [4.78, 5) is 29.0. The Morgan fingerprint density at radius 3 is 2.60 bits per heavy atom. The van der Waals surface area contributed by atoms with E-state index >= 15 is 0 Å². The Kier molecular flexibility index (Phi) is 6.58. The number of ether oxygens (including phenoxy) is 1. The van der Waals surface area contributed by atoms with Crippen molar-refractivity contribution < 1.29 is 17.9 Å². The Hall–Kier alpha value is -3.11. The summed E-state index contributed by atoms with van der Waals surface area (Å²) in [6, 6.07) is 10.6. The highest BCUT2D eigenvalue weighted by Crippen LogP contribution is 2.22. The first kappa shape index (κ1) is 21.6. The molecule has 0 radical (unpaired) electrons. The Bertz CT molecular complexity index is 1200. The molecule has 0 bridgehead atoms. The lowest BCUT2D eigenvalue weighted by molar-refractivity contribution is 0.0757. The molecule has 0 spiro atoms. The minimum Gasteiger partial charge on any atom is -0.379 e. The maximum atomic E-state index is 12.8. The zero-order valence-electron chi connectivity index (χ0n) is 16.7. The van der Waals surface area contributed by atoms with E-state index in [9.17, 15) is 18.0 Å². The number of anilines is 1. The Balaban J connectivity index is 1.74. The van der Waals surface area contributed by atoms with Gasteiger partial charge in [-0.25, -0.2) is 13.2 Å². The zero-order chi connectivity index (χ0) is 21.7. The standard InChI is InChI=1S/C20H24N4O5S/c1-13(2)29-11-5-10-21-19(25)15-6-3-4-7-16(15)24-30(27,28)14-8-9-17-18(12-14)23-20(26)22-17/h3-4,6-9,12-13,24H,5,10-11H2,1-2H3,(H,21,25)(H2,22,23,26). The number of fused-ring (bicyclic) bond motifs is 1. The molecular formula is C20H24N4O5S. The summed E-state index contributed by atoms with van der Waals surface area (Å²) in [5.74, 6) is -0.386. The van der Waals surface area contributed by atoms with Crippen LogP contribution >= 0.6 is 0 Å². The normalized spacial score (nSPS) is 11.7. The highest BCUT2D eigenvalue weighted by Gasteiger charge is 2.19. The molecule has 160 valence electrons. The predicted molar refractivity (Wildman–Crippen MR) is 114 cm³/mol. The van der Waals surface area contributed by atoms with Crippen molar-refractivity contribution in [2.45, 2.75) is 31.3 Å². The fourth-order valence-electron chi connectivity index (χ4n) is 2.84. The van der Waals surface area contributed by atoms with Gasteiger partial charge in [-0.05, 0) is 50.6 Å². The van der Waals surface area contributed by atoms with Crippen molar-refractivity contribution in [1.29, 1.82) is 0 Å². The first-order chi connectivity index (χ1) is 14.3. The van der Waals surface area contributed by atoms with Gasteiger partial charge in [0.15, 0.2) is 0 Å². The summed E-state index contributed by atoms with van der Waals surface area (Å²) >= 11 is 0. The number of H-pyrrole nitrogens is 2. The number of aromatic nitrogens is 2. The second kappa shape index (κ2) is 9.14. The lowest BCUT2D eigenvalue weighted by Gasteiger charge is -2.13. The molecule has 0 aliphatic carbocycles. The largest absolute Gasteiger partial charge is 0.379 e. The van der Waals surface area contributed by atoms with E-state index in [1.807, 2.05) is 13.8 Å². The number of imidazole rings is 1. The van der Waals surface area contributed by atoms with E-state index in [0.717, 1.165) is 0 Å². The minimum atomic E-state index is -3.98. The van der Waals surface area contributed by atoms with Crippen LogP contribution in [-0.2, 0) is 14.8 Å². The maximum absolute atomic E-state index is 12.8. The molecule has 0 aliphatic rings. The molecule has 0 saturated heterocycles. The number of sulfonamides is 1. The summed E-state index contributed by atoms with van der Waals surface area (Å²) in [7, 11) is -3.98. The van der Waals surface area contributed by atoms with Gasteiger partial charge in [-0.15, -0.1) is 0 Å². The summed E-state index contributed by atoms with van der Waals surface area (Å²) < 4.78 is 33.5. The molecule has 3 aromatic rings. The first-order valence-corrected chi connectivity index (χ1v) is 11.0. The number of nitrogens with one attached hydrogen (secondary N) is 4. The average Bonchev–Trinajstić information content (AvgIpc) is 3.06. The first-order valence-electron chi connectivity index (χ1n) is 9.50. The van der Waals surface area contributed by atoms with E-state index in [1.54, 1.807) is 18.2 Å². The number of amides is 1. The molecule has 9 nitrogen and oxygen atoms in total. The number of aromatic amines is 2. The van der Waals surface area contributed by atoms with Crippen LogP contribution in [0, 0.1) is 0 Å². The highest BCUT2D eigenvalue weighted by molar-refractivity contribution is 7.92. The molecule has 3 rings (SSSR count).